The van der Waals surface area contributed by atoms with Crippen molar-refractivity contribution in [3.05, 3.63) is 69.2 Å². The van der Waals surface area contributed by atoms with Crippen LogP contribution in [0.3, 0.4) is 0 Å². The highest BCUT2D eigenvalue weighted by atomic mass is 35.5. The van der Waals surface area contributed by atoms with Crippen LogP contribution in [0.5, 0.6) is 0 Å². The third kappa shape index (κ3) is 3.01. The van der Waals surface area contributed by atoms with E-state index in [1.807, 2.05) is 49.5 Å². The molecule has 0 radical (unpaired) electrons. The molecule has 4 nitrogen and oxygen atoms in total. The number of nitrogens with one attached hydrogen (secondary N) is 2. The minimum absolute atomic E-state index is 0.119. The summed E-state index contributed by atoms with van der Waals surface area (Å²) >= 11 is 6.02. The first kappa shape index (κ1) is 13.9. The molecule has 21 heavy (non-hydrogen) atoms. The molecular weight excluding hydrogens is 288 g/mol. The summed E-state index contributed by atoms with van der Waals surface area (Å²) in [5.74, 6) is -0.432. The van der Waals surface area contributed by atoms with E-state index in [4.69, 9.17) is 16.0 Å². The highest BCUT2D eigenvalue weighted by molar-refractivity contribution is 6.30. The Kier molecular flexibility index (Phi) is 3.82. The number of likely N-dealkylation sites (N-methyl/N-ethyl adjacent to an activating group) is 1. The maximum atomic E-state index is 11.2. The number of fused-ring (bicyclic) bond motifs is 1. The van der Waals surface area contributed by atoms with Gasteiger partial charge in [0, 0.05) is 11.1 Å². The van der Waals surface area contributed by atoms with Gasteiger partial charge in [0.15, 0.2) is 5.58 Å². The van der Waals surface area contributed by atoms with Crippen molar-refractivity contribution in [3.63, 3.8) is 0 Å². The first-order chi connectivity index (χ1) is 10.2. The molecule has 3 aromatic rings. The van der Waals surface area contributed by atoms with E-state index in [9.17, 15) is 4.79 Å². The molecule has 1 atom stereocenters. The average molecular weight is 303 g/mol. The van der Waals surface area contributed by atoms with Gasteiger partial charge in [0.1, 0.15) is 0 Å². The van der Waals surface area contributed by atoms with E-state index in [1.54, 1.807) is 0 Å². The number of aromatic nitrogens is 1. The number of benzene rings is 2. The predicted molar refractivity (Wildman–Crippen MR) is 83.8 cm³/mol. The number of hydrogen-bond donors (Lipinski definition) is 2. The maximum Gasteiger partial charge on any atom is 0.417 e. The number of oxazole rings is 1. The van der Waals surface area contributed by atoms with Crippen molar-refractivity contribution >= 4 is 22.7 Å². The lowest BCUT2D eigenvalue weighted by Gasteiger charge is -2.16. The lowest BCUT2D eigenvalue weighted by Crippen LogP contribution is -2.18. The number of hydrogen-bond acceptors (Lipinski definition) is 3. The van der Waals surface area contributed by atoms with Gasteiger partial charge in [-0.25, -0.2) is 4.79 Å². The molecule has 3 rings (SSSR count). The molecule has 0 aliphatic heterocycles. The van der Waals surface area contributed by atoms with Crippen LogP contribution in [0, 0.1) is 0 Å². The minimum Gasteiger partial charge on any atom is -0.408 e. The number of rotatable bonds is 4. The second kappa shape index (κ2) is 5.76. The van der Waals surface area contributed by atoms with Crippen LogP contribution in [0.4, 0.5) is 0 Å². The lowest BCUT2D eigenvalue weighted by molar-refractivity contribution is 0.551. The van der Waals surface area contributed by atoms with Gasteiger partial charge in [0.05, 0.1) is 5.52 Å². The van der Waals surface area contributed by atoms with Gasteiger partial charge in [-0.2, -0.15) is 0 Å². The molecule has 0 spiro atoms. The summed E-state index contributed by atoms with van der Waals surface area (Å²) in [7, 11) is 1.91. The molecule has 0 fully saturated rings. The van der Waals surface area contributed by atoms with Gasteiger partial charge in [0.2, 0.25) is 0 Å². The van der Waals surface area contributed by atoms with Gasteiger partial charge < -0.3 is 9.73 Å². The molecule has 1 heterocycles. The monoisotopic (exact) mass is 302 g/mol. The summed E-state index contributed by atoms with van der Waals surface area (Å²) < 4.78 is 5.11. The van der Waals surface area contributed by atoms with E-state index in [2.05, 4.69) is 10.3 Å². The van der Waals surface area contributed by atoms with Crippen LogP contribution >= 0.6 is 11.6 Å². The number of halogens is 1. The van der Waals surface area contributed by atoms with Crippen molar-refractivity contribution < 1.29 is 4.42 Å². The maximum absolute atomic E-state index is 11.2. The fourth-order valence-electron chi connectivity index (χ4n) is 2.46. The summed E-state index contributed by atoms with van der Waals surface area (Å²) in [6.45, 7) is 0. The van der Waals surface area contributed by atoms with Crippen molar-refractivity contribution in [3.8, 4) is 0 Å². The SMILES string of the molecule is CNC(Cc1cccc(Cl)c1)c1ccc2[nH]c(=O)oc2c1. The molecule has 1 aromatic heterocycles. The fourth-order valence-corrected chi connectivity index (χ4v) is 2.68. The van der Waals surface area contributed by atoms with Gasteiger partial charge in [-0.15, -0.1) is 0 Å². The quantitative estimate of drug-likeness (QED) is 0.777. The predicted octanol–water partition coefficient (Wildman–Crippen LogP) is 3.28. The number of aromatic amines is 1. The first-order valence-corrected chi connectivity index (χ1v) is 7.08. The molecular formula is C16H15ClN2O2. The van der Waals surface area contributed by atoms with E-state index < -0.39 is 5.76 Å². The van der Waals surface area contributed by atoms with Crippen LogP contribution in [0.1, 0.15) is 17.2 Å². The normalized spacial score (nSPS) is 12.7. The molecule has 0 saturated carbocycles. The Morgan fingerprint density at radius 3 is 2.90 bits per heavy atom. The van der Waals surface area contributed by atoms with Gasteiger partial charge in [0.25, 0.3) is 0 Å². The first-order valence-electron chi connectivity index (χ1n) is 6.70. The highest BCUT2D eigenvalue weighted by Gasteiger charge is 2.12. The van der Waals surface area contributed by atoms with Gasteiger partial charge in [-0.05, 0) is 48.9 Å². The Labute approximate surface area is 126 Å². The van der Waals surface area contributed by atoms with Crippen LogP contribution in [-0.2, 0) is 6.42 Å². The Morgan fingerprint density at radius 1 is 1.29 bits per heavy atom. The second-order valence-corrected chi connectivity index (χ2v) is 5.38. The molecule has 108 valence electrons. The van der Waals surface area contributed by atoms with E-state index in [0.29, 0.717) is 11.1 Å². The summed E-state index contributed by atoms with van der Waals surface area (Å²) in [5, 5.41) is 4.02. The zero-order valence-corrected chi connectivity index (χ0v) is 12.3. The smallest absolute Gasteiger partial charge is 0.408 e. The third-order valence-electron chi connectivity index (χ3n) is 3.52. The fraction of sp³-hybridized carbons (Fsp3) is 0.188. The van der Waals surface area contributed by atoms with Gasteiger partial charge in [-0.3, -0.25) is 4.98 Å². The van der Waals surface area contributed by atoms with E-state index in [-0.39, 0.29) is 6.04 Å². The molecule has 0 saturated heterocycles. The van der Waals surface area contributed by atoms with Crippen LogP contribution in [0.15, 0.2) is 51.7 Å². The van der Waals surface area contributed by atoms with Crippen molar-refractivity contribution in [1.82, 2.24) is 10.3 Å². The molecule has 0 amide bonds. The molecule has 2 N–H and O–H groups in total. The topological polar surface area (TPSA) is 58.0 Å². The summed E-state index contributed by atoms with van der Waals surface area (Å²) in [4.78, 5) is 13.9. The molecule has 0 aliphatic rings. The third-order valence-corrected chi connectivity index (χ3v) is 3.76. The molecule has 5 heteroatoms. The van der Waals surface area contributed by atoms with Crippen LogP contribution in [0.2, 0.25) is 5.02 Å². The Morgan fingerprint density at radius 2 is 2.14 bits per heavy atom. The molecule has 2 aromatic carbocycles. The van der Waals surface area contributed by atoms with Crippen LogP contribution in [-0.4, -0.2) is 12.0 Å². The van der Waals surface area contributed by atoms with Gasteiger partial charge in [-0.1, -0.05) is 29.8 Å². The summed E-state index contributed by atoms with van der Waals surface area (Å²) in [5.41, 5.74) is 3.50. The van der Waals surface area contributed by atoms with Crippen molar-refractivity contribution in [2.45, 2.75) is 12.5 Å². The Hall–Kier alpha value is -2.04. The summed E-state index contributed by atoms with van der Waals surface area (Å²) in [6, 6.07) is 13.7. The van der Waals surface area contributed by atoms with Gasteiger partial charge >= 0.3 is 5.76 Å². The van der Waals surface area contributed by atoms with E-state index >= 15 is 0 Å². The average Bonchev–Trinajstić information content (AvgIpc) is 2.84. The zero-order valence-electron chi connectivity index (χ0n) is 11.5. The highest BCUT2D eigenvalue weighted by Crippen LogP contribution is 2.23. The largest absolute Gasteiger partial charge is 0.417 e. The Balaban J connectivity index is 1.92. The van der Waals surface area contributed by atoms with Crippen molar-refractivity contribution in [2.75, 3.05) is 7.05 Å². The van der Waals surface area contributed by atoms with E-state index in [1.165, 1.54) is 0 Å². The second-order valence-electron chi connectivity index (χ2n) is 4.95. The Bertz CT molecular complexity index is 822. The zero-order chi connectivity index (χ0) is 14.8. The molecule has 0 aliphatic carbocycles. The lowest BCUT2D eigenvalue weighted by atomic mass is 9.99. The summed E-state index contributed by atoms with van der Waals surface area (Å²) in [6.07, 6.45) is 0.803. The van der Waals surface area contributed by atoms with E-state index in [0.717, 1.165) is 22.6 Å². The molecule has 1 unspecified atom stereocenters. The number of H-pyrrole nitrogens is 1. The van der Waals surface area contributed by atoms with Crippen LogP contribution in [0.25, 0.3) is 11.1 Å². The van der Waals surface area contributed by atoms with Crippen molar-refractivity contribution in [1.29, 1.82) is 0 Å². The minimum atomic E-state index is -0.432. The van der Waals surface area contributed by atoms with Crippen LogP contribution < -0.4 is 11.1 Å². The molecule has 0 bridgehead atoms. The standard InChI is InChI=1S/C16H15ClN2O2/c1-18-14(8-10-3-2-4-12(17)7-10)11-5-6-13-15(9-11)21-16(20)19-13/h2-7,9,14,18H,8H2,1H3,(H,19,20). The van der Waals surface area contributed by atoms with Crippen molar-refractivity contribution in [2.24, 2.45) is 0 Å².